The summed E-state index contributed by atoms with van der Waals surface area (Å²) in [5.74, 6) is 0.604. The molecular formula is C13H15BrO. The Labute approximate surface area is 99.0 Å². The zero-order valence-electron chi connectivity index (χ0n) is 8.71. The molecule has 0 heterocycles. The number of rotatable bonds is 2. The van der Waals surface area contributed by atoms with Crippen molar-refractivity contribution < 1.29 is 4.79 Å². The topological polar surface area (TPSA) is 17.1 Å². The van der Waals surface area contributed by atoms with Crippen LogP contribution in [0.1, 0.15) is 53.9 Å². The highest BCUT2D eigenvalue weighted by Crippen LogP contribution is 2.34. The maximum absolute atomic E-state index is 11.0. The Bertz CT molecular complexity index is 354. The Balaban J connectivity index is 2.29. The second-order valence-electron chi connectivity index (χ2n) is 4.23. The van der Waals surface area contributed by atoms with Gasteiger partial charge >= 0.3 is 0 Å². The third kappa shape index (κ3) is 2.49. The van der Waals surface area contributed by atoms with Crippen LogP contribution in [0.15, 0.2) is 22.7 Å². The minimum atomic E-state index is 0.604. The Kier molecular flexibility index (Phi) is 3.57. The lowest BCUT2D eigenvalue weighted by atomic mass is 9.82. The van der Waals surface area contributed by atoms with Crippen molar-refractivity contribution >= 4 is 22.2 Å². The molecule has 0 aliphatic heterocycles. The van der Waals surface area contributed by atoms with Gasteiger partial charge in [-0.05, 0) is 36.5 Å². The molecule has 0 aromatic heterocycles. The van der Waals surface area contributed by atoms with E-state index in [0.717, 1.165) is 16.3 Å². The van der Waals surface area contributed by atoms with Crippen LogP contribution in [0.2, 0.25) is 0 Å². The van der Waals surface area contributed by atoms with Gasteiger partial charge in [0.15, 0.2) is 0 Å². The van der Waals surface area contributed by atoms with Gasteiger partial charge in [-0.1, -0.05) is 41.3 Å². The first-order valence-corrected chi connectivity index (χ1v) is 6.35. The molecule has 1 saturated carbocycles. The second-order valence-corrected chi connectivity index (χ2v) is 5.14. The number of benzene rings is 1. The quantitative estimate of drug-likeness (QED) is 0.730. The van der Waals surface area contributed by atoms with Crippen LogP contribution in [0.25, 0.3) is 0 Å². The molecule has 0 unspecified atom stereocenters. The first kappa shape index (κ1) is 10.9. The maximum Gasteiger partial charge on any atom is 0.150 e. The van der Waals surface area contributed by atoms with Crippen molar-refractivity contribution in [1.29, 1.82) is 0 Å². The van der Waals surface area contributed by atoms with Crippen LogP contribution in [0.4, 0.5) is 0 Å². The molecule has 0 atom stereocenters. The lowest BCUT2D eigenvalue weighted by molar-refractivity contribution is 0.112. The summed E-state index contributed by atoms with van der Waals surface area (Å²) in [6.45, 7) is 0. The average Bonchev–Trinajstić information content (AvgIpc) is 2.30. The van der Waals surface area contributed by atoms with Gasteiger partial charge in [0.1, 0.15) is 6.29 Å². The summed E-state index contributed by atoms with van der Waals surface area (Å²) in [5, 5.41) is 0. The fourth-order valence-corrected chi connectivity index (χ4v) is 2.81. The van der Waals surface area contributed by atoms with Gasteiger partial charge in [0.05, 0.1) is 0 Å². The molecule has 0 radical (unpaired) electrons. The van der Waals surface area contributed by atoms with E-state index >= 15 is 0 Å². The summed E-state index contributed by atoms with van der Waals surface area (Å²) in [7, 11) is 0. The van der Waals surface area contributed by atoms with E-state index in [1.807, 2.05) is 12.1 Å². The van der Waals surface area contributed by atoms with Crippen LogP contribution in [0, 0.1) is 0 Å². The van der Waals surface area contributed by atoms with E-state index < -0.39 is 0 Å². The minimum absolute atomic E-state index is 0.604. The third-order valence-corrected chi connectivity index (χ3v) is 3.71. The van der Waals surface area contributed by atoms with Gasteiger partial charge in [-0.3, -0.25) is 4.79 Å². The van der Waals surface area contributed by atoms with Gasteiger partial charge in [-0.15, -0.1) is 0 Å². The predicted octanol–water partition coefficient (Wildman–Crippen LogP) is 4.31. The van der Waals surface area contributed by atoms with Gasteiger partial charge in [0.25, 0.3) is 0 Å². The molecule has 1 fully saturated rings. The minimum Gasteiger partial charge on any atom is -0.298 e. The van der Waals surface area contributed by atoms with Crippen molar-refractivity contribution in [3.63, 3.8) is 0 Å². The summed E-state index contributed by atoms with van der Waals surface area (Å²) >= 11 is 3.40. The normalized spacial score (nSPS) is 17.7. The van der Waals surface area contributed by atoms with Gasteiger partial charge in [-0.25, -0.2) is 0 Å². The van der Waals surface area contributed by atoms with Crippen molar-refractivity contribution in [2.45, 2.75) is 38.0 Å². The molecule has 80 valence electrons. The molecule has 15 heavy (non-hydrogen) atoms. The maximum atomic E-state index is 11.0. The lowest BCUT2D eigenvalue weighted by Crippen LogP contribution is -2.07. The zero-order valence-corrected chi connectivity index (χ0v) is 10.3. The summed E-state index contributed by atoms with van der Waals surface area (Å²) in [4.78, 5) is 11.0. The molecule has 0 amide bonds. The molecule has 1 aliphatic rings. The number of carbonyl (C=O) groups excluding carboxylic acids is 1. The van der Waals surface area contributed by atoms with Crippen molar-refractivity contribution in [2.24, 2.45) is 0 Å². The standard InChI is InChI=1S/C13H15BrO/c14-12-6-7-13(11(8-12)9-15)10-4-2-1-3-5-10/h6-10H,1-5H2. The monoisotopic (exact) mass is 266 g/mol. The summed E-state index contributed by atoms with van der Waals surface area (Å²) in [5.41, 5.74) is 2.10. The van der Waals surface area contributed by atoms with Gasteiger partial charge in [0, 0.05) is 10.0 Å². The first-order valence-electron chi connectivity index (χ1n) is 5.56. The number of carbonyl (C=O) groups is 1. The van der Waals surface area contributed by atoms with Crippen LogP contribution >= 0.6 is 15.9 Å². The molecular weight excluding hydrogens is 252 g/mol. The molecule has 1 aromatic rings. The van der Waals surface area contributed by atoms with E-state index in [-0.39, 0.29) is 0 Å². The van der Waals surface area contributed by atoms with E-state index in [9.17, 15) is 4.79 Å². The van der Waals surface area contributed by atoms with Crippen molar-refractivity contribution in [3.8, 4) is 0 Å². The Morgan fingerprint density at radius 1 is 1.20 bits per heavy atom. The van der Waals surface area contributed by atoms with Crippen LogP contribution in [0.5, 0.6) is 0 Å². The first-order chi connectivity index (χ1) is 7.31. The molecule has 0 bridgehead atoms. The van der Waals surface area contributed by atoms with Crippen molar-refractivity contribution in [3.05, 3.63) is 33.8 Å². The highest BCUT2D eigenvalue weighted by molar-refractivity contribution is 9.10. The van der Waals surface area contributed by atoms with Gasteiger partial charge in [-0.2, -0.15) is 0 Å². The Morgan fingerprint density at radius 2 is 1.93 bits per heavy atom. The SMILES string of the molecule is O=Cc1cc(Br)ccc1C1CCCCC1. The number of halogens is 1. The number of hydrogen-bond acceptors (Lipinski definition) is 1. The summed E-state index contributed by atoms with van der Waals surface area (Å²) in [6.07, 6.45) is 7.42. The third-order valence-electron chi connectivity index (χ3n) is 3.22. The van der Waals surface area contributed by atoms with Crippen molar-refractivity contribution in [1.82, 2.24) is 0 Å². The number of hydrogen-bond donors (Lipinski definition) is 0. The Hall–Kier alpha value is -0.630. The number of aldehydes is 1. The molecule has 2 rings (SSSR count). The van der Waals surface area contributed by atoms with E-state index in [4.69, 9.17) is 0 Å². The fourth-order valence-electron chi connectivity index (χ4n) is 2.43. The summed E-state index contributed by atoms with van der Waals surface area (Å²) in [6, 6.07) is 6.07. The smallest absolute Gasteiger partial charge is 0.150 e. The average molecular weight is 267 g/mol. The second kappa shape index (κ2) is 4.93. The molecule has 0 saturated heterocycles. The zero-order chi connectivity index (χ0) is 10.7. The van der Waals surface area contributed by atoms with Gasteiger partial charge < -0.3 is 0 Å². The van der Waals surface area contributed by atoms with E-state index in [1.54, 1.807) is 0 Å². The van der Waals surface area contributed by atoms with E-state index in [2.05, 4.69) is 22.0 Å². The van der Waals surface area contributed by atoms with E-state index in [0.29, 0.717) is 5.92 Å². The molecule has 0 N–H and O–H groups in total. The molecule has 0 spiro atoms. The van der Waals surface area contributed by atoms with Crippen LogP contribution in [-0.2, 0) is 0 Å². The molecule has 1 aliphatic carbocycles. The van der Waals surface area contributed by atoms with Crippen LogP contribution < -0.4 is 0 Å². The molecule has 2 heteroatoms. The van der Waals surface area contributed by atoms with Crippen LogP contribution in [-0.4, -0.2) is 6.29 Å². The molecule has 1 aromatic carbocycles. The largest absolute Gasteiger partial charge is 0.298 e. The Morgan fingerprint density at radius 3 is 2.60 bits per heavy atom. The van der Waals surface area contributed by atoms with E-state index in [1.165, 1.54) is 37.7 Å². The van der Waals surface area contributed by atoms with Crippen LogP contribution in [0.3, 0.4) is 0 Å². The highest BCUT2D eigenvalue weighted by atomic mass is 79.9. The lowest BCUT2D eigenvalue weighted by Gasteiger charge is -2.23. The van der Waals surface area contributed by atoms with Gasteiger partial charge in [0.2, 0.25) is 0 Å². The highest BCUT2D eigenvalue weighted by Gasteiger charge is 2.18. The predicted molar refractivity (Wildman–Crippen MR) is 65.4 cm³/mol. The summed E-state index contributed by atoms with van der Waals surface area (Å²) < 4.78 is 0.990. The molecule has 1 nitrogen and oxygen atoms in total. The van der Waals surface area contributed by atoms with Crippen molar-refractivity contribution in [2.75, 3.05) is 0 Å². The fraction of sp³-hybridized carbons (Fsp3) is 0.462.